The van der Waals surface area contributed by atoms with Gasteiger partial charge in [0.05, 0.1) is 12.6 Å². The summed E-state index contributed by atoms with van der Waals surface area (Å²) in [5, 5.41) is 13.6. The van der Waals surface area contributed by atoms with E-state index in [0.717, 1.165) is 0 Å². The maximum Gasteiger partial charge on any atom is 0.371 e. The van der Waals surface area contributed by atoms with Gasteiger partial charge in [0.15, 0.2) is 0 Å². The van der Waals surface area contributed by atoms with Gasteiger partial charge in [-0.05, 0) is 19.1 Å². The maximum atomic E-state index is 11.3. The van der Waals surface area contributed by atoms with Crippen LogP contribution in [0.15, 0.2) is 16.5 Å². The minimum absolute atomic E-state index is 0.0937. The second-order valence-electron chi connectivity index (χ2n) is 3.29. The van der Waals surface area contributed by atoms with E-state index in [1.807, 2.05) is 0 Å². The molecular weight excluding hydrogens is 224 g/mol. The van der Waals surface area contributed by atoms with Gasteiger partial charge in [-0.1, -0.05) is 5.92 Å². The molecule has 1 unspecified atom stereocenters. The van der Waals surface area contributed by atoms with E-state index in [4.69, 9.17) is 15.9 Å². The van der Waals surface area contributed by atoms with Gasteiger partial charge in [0.25, 0.3) is 0 Å². The number of carbonyl (C=O) groups excluding carboxylic acids is 1. The summed E-state index contributed by atoms with van der Waals surface area (Å²) in [5.41, 5.74) is 0. The molecule has 0 aliphatic heterocycles. The van der Waals surface area contributed by atoms with E-state index >= 15 is 0 Å². The Labute approximate surface area is 98.0 Å². The minimum Gasteiger partial charge on any atom is -0.475 e. The summed E-state index contributed by atoms with van der Waals surface area (Å²) < 4.78 is 4.94. The lowest BCUT2D eigenvalue weighted by Gasteiger charge is -2.08. The number of aromatic carboxylic acids is 1. The summed E-state index contributed by atoms with van der Waals surface area (Å²) in [7, 11) is 0. The molecule has 0 saturated carbocycles. The van der Waals surface area contributed by atoms with Crippen molar-refractivity contribution in [1.29, 1.82) is 0 Å². The number of terminal acetylenes is 1. The molecule has 0 aliphatic rings. The maximum absolute atomic E-state index is 11.3. The van der Waals surface area contributed by atoms with Crippen molar-refractivity contribution in [1.82, 2.24) is 10.6 Å². The van der Waals surface area contributed by atoms with E-state index in [0.29, 0.717) is 5.76 Å². The largest absolute Gasteiger partial charge is 0.475 e. The Bertz CT molecular complexity index is 458. The van der Waals surface area contributed by atoms with Crippen molar-refractivity contribution < 1.29 is 19.1 Å². The summed E-state index contributed by atoms with van der Waals surface area (Å²) in [6, 6.07) is 1.99. The fraction of sp³-hybridized carbons (Fsp3) is 0.273. The summed E-state index contributed by atoms with van der Waals surface area (Å²) in [6.07, 6.45) is 5.09. The number of nitrogens with one attached hydrogen (secondary N) is 2. The number of hydrogen-bond acceptors (Lipinski definition) is 3. The molecule has 1 heterocycles. The van der Waals surface area contributed by atoms with Crippen molar-refractivity contribution >= 4 is 12.0 Å². The Hall–Kier alpha value is -2.42. The Morgan fingerprint density at radius 2 is 2.29 bits per heavy atom. The average molecular weight is 236 g/mol. The fourth-order valence-electron chi connectivity index (χ4n) is 1.04. The van der Waals surface area contributed by atoms with Crippen LogP contribution in [0.1, 0.15) is 23.2 Å². The van der Waals surface area contributed by atoms with E-state index in [9.17, 15) is 9.59 Å². The first-order valence-corrected chi connectivity index (χ1v) is 4.85. The van der Waals surface area contributed by atoms with Crippen LogP contribution >= 0.6 is 0 Å². The molecule has 0 bridgehead atoms. The predicted molar refractivity (Wildman–Crippen MR) is 59.3 cm³/mol. The highest BCUT2D eigenvalue weighted by Gasteiger charge is 2.10. The van der Waals surface area contributed by atoms with Crippen molar-refractivity contribution in [3.05, 3.63) is 23.7 Å². The van der Waals surface area contributed by atoms with Gasteiger partial charge in [-0.3, -0.25) is 0 Å². The molecule has 1 aromatic heterocycles. The Morgan fingerprint density at radius 1 is 1.59 bits per heavy atom. The number of urea groups is 1. The first-order valence-electron chi connectivity index (χ1n) is 4.85. The summed E-state index contributed by atoms with van der Waals surface area (Å²) >= 11 is 0. The third-order valence-corrected chi connectivity index (χ3v) is 1.89. The van der Waals surface area contributed by atoms with Crippen LogP contribution in [0, 0.1) is 12.3 Å². The van der Waals surface area contributed by atoms with Gasteiger partial charge in [-0.25, -0.2) is 9.59 Å². The molecule has 6 heteroatoms. The van der Waals surface area contributed by atoms with Crippen LogP contribution in [0.25, 0.3) is 0 Å². The van der Waals surface area contributed by atoms with Gasteiger partial charge >= 0.3 is 12.0 Å². The van der Waals surface area contributed by atoms with Crippen molar-refractivity contribution in [3.8, 4) is 12.3 Å². The third-order valence-electron chi connectivity index (χ3n) is 1.89. The lowest BCUT2D eigenvalue weighted by atomic mass is 10.4. The fourth-order valence-corrected chi connectivity index (χ4v) is 1.04. The number of rotatable bonds is 4. The van der Waals surface area contributed by atoms with Crippen LogP contribution in [0.4, 0.5) is 4.79 Å². The smallest absolute Gasteiger partial charge is 0.371 e. The molecule has 3 N–H and O–H groups in total. The quantitative estimate of drug-likeness (QED) is 0.674. The summed E-state index contributed by atoms with van der Waals surface area (Å²) in [4.78, 5) is 21.8. The van der Waals surface area contributed by atoms with E-state index < -0.39 is 12.0 Å². The van der Waals surface area contributed by atoms with Crippen LogP contribution in [0.2, 0.25) is 0 Å². The average Bonchev–Trinajstić information content (AvgIpc) is 2.75. The zero-order valence-corrected chi connectivity index (χ0v) is 9.19. The van der Waals surface area contributed by atoms with Crippen LogP contribution < -0.4 is 10.6 Å². The normalized spacial score (nSPS) is 11.3. The van der Waals surface area contributed by atoms with Crippen LogP contribution in [0.3, 0.4) is 0 Å². The second-order valence-corrected chi connectivity index (χ2v) is 3.29. The molecule has 1 aromatic rings. The molecule has 0 fully saturated rings. The molecule has 0 radical (unpaired) electrons. The molecular formula is C11H12N2O4. The summed E-state index contributed by atoms with van der Waals surface area (Å²) in [6.45, 7) is 1.76. The van der Waals surface area contributed by atoms with E-state index in [2.05, 4.69) is 16.6 Å². The molecule has 90 valence electrons. The topological polar surface area (TPSA) is 91.6 Å². The molecule has 6 nitrogen and oxygen atoms in total. The van der Waals surface area contributed by atoms with Gasteiger partial charge in [0.2, 0.25) is 5.76 Å². The molecule has 1 atom stereocenters. The number of carbonyl (C=O) groups is 2. The molecule has 0 aromatic carbocycles. The zero-order valence-electron chi connectivity index (χ0n) is 9.19. The summed E-state index contributed by atoms with van der Waals surface area (Å²) in [5.74, 6) is 1.37. The molecule has 0 saturated heterocycles. The van der Waals surface area contributed by atoms with E-state index in [-0.39, 0.29) is 18.3 Å². The number of furan rings is 1. The van der Waals surface area contributed by atoms with Crippen molar-refractivity contribution in [2.75, 3.05) is 0 Å². The Kier molecular flexibility index (Phi) is 4.17. The van der Waals surface area contributed by atoms with Crippen molar-refractivity contribution in [2.24, 2.45) is 0 Å². The van der Waals surface area contributed by atoms with E-state index in [1.54, 1.807) is 6.92 Å². The monoisotopic (exact) mass is 236 g/mol. The number of carboxylic acid groups (broad SMARTS) is 1. The Balaban J connectivity index is 2.42. The SMILES string of the molecule is C#CC(C)NC(=O)NCc1ccc(C(=O)O)o1. The highest BCUT2D eigenvalue weighted by atomic mass is 16.4. The van der Waals surface area contributed by atoms with Gasteiger partial charge < -0.3 is 20.2 Å². The predicted octanol–water partition coefficient (Wildman–Crippen LogP) is 0.799. The highest BCUT2D eigenvalue weighted by molar-refractivity contribution is 5.84. The third kappa shape index (κ3) is 3.91. The lowest BCUT2D eigenvalue weighted by Crippen LogP contribution is -2.39. The standard InChI is InChI=1S/C11H12N2O4/c1-3-7(2)13-11(16)12-6-8-4-5-9(17-8)10(14)15/h1,4-5,7H,6H2,2H3,(H,14,15)(H2,12,13,16). The van der Waals surface area contributed by atoms with Gasteiger partial charge in [-0.15, -0.1) is 6.42 Å². The van der Waals surface area contributed by atoms with Crippen LogP contribution in [-0.2, 0) is 6.54 Å². The Morgan fingerprint density at radius 3 is 2.82 bits per heavy atom. The molecule has 1 rings (SSSR count). The van der Waals surface area contributed by atoms with E-state index in [1.165, 1.54) is 12.1 Å². The number of hydrogen-bond donors (Lipinski definition) is 3. The molecule has 17 heavy (non-hydrogen) atoms. The first kappa shape index (κ1) is 12.6. The van der Waals surface area contributed by atoms with Crippen LogP contribution in [-0.4, -0.2) is 23.1 Å². The van der Waals surface area contributed by atoms with Gasteiger partial charge in [0, 0.05) is 0 Å². The van der Waals surface area contributed by atoms with Crippen molar-refractivity contribution in [3.63, 3.8) is 0 Å². The lowest BCUT2D eigenvalue weighted by molar-refractivity contribution is 0.0660. The number of carboxylic acids is 1. The van der Waals surface area contributed by atoms with Crippen molar-refractivity contribution in [2.45, 2.75) is 19.5 Å². The van der Waals surface area contributed by atoms with Gasteiger partial charge in [-0.2, -0.15) is 0 Å². The van der Waals surface area contributed by atoms with Gasteiger partial charge in [0.1, 0.15) is 5.76 Å². The molecule has 2 amide bonds. The number of amides is 2. The van der Waals surface area contributed by atoms with Crippen LogP contribution in [0.5, 0.6) is 0 Å². The highest BCUT2D eigenvalue weighted by Crippen LogP contribution is 2.07. The molecule has 0 spiro atoms. The first-order chi connectivity index (χ1) is 8.02. The second kappa shape index (κ2) is 5.61. The zero-order chi connectivity index (χ0) is 12.8. The minimum atomic E-state index is -1.15. The molecule has 0 aliphatic carbocycles.